The number of nitrogens with zero attached hydrogens (tertiary/aromatic N) is 3. The minimum Gasteiger partial charge on any atom is -0.334 e. The minimum atomic E-state index is 0.804. The molecular weight excluding hydrogens is 212 g/mol. The van der Waals surface area contributed by atoms with Gasteiger partial charge in [0.2, 0.25) is 0 Å². The molecule has 0 saturated carbocycles. The number of aryl methyl sites for hydroxylation is 1. The van der Waals surface area contributed by atoms with E-state index in [-0.39, 0.29) is 0 Å². The summed E-state index contributed by atoms with van der Waals surface area (Å²) in [7, 11) is 2.04. The summed E-state index contributed by atoms with van der Waals surface area (Å²) in [6, 6.07) is 0. The van der Waals surface area contributed by atoms with E-state index in [1.54, 1.807) is 0 Å². The van der Waals surface area contributed by atoms with E-state index in [0.29, 0.717) is 0 Å². The molecule has 2 heterocycles. The van der Waals surface area contributed by atoms with Gasteiger partial charge in [0.1, 0.15) is 5.82 Å². The highest BCUT2D eigenvalue weighted by atomic mass is 15.2. The second-order valence-corrected chi connectivity index (χ2v) is 4.93. The summed E-state index contributed by atoms with van der Waals surface area (Å²) in [6.45, 7) is 7.75. The molecule has 0 amide bonds. The highest BCUT2D eigenvalue weighted by Gasteiger charge is 2.20. The van der Waals surface area contributed by atoms with Crippen LogP contribution in [0, 0.1) is 5.92 Å². The van der Waals surface area contributed by atoms with Crippen LogP contribution in [0.5, 0.6) is 0 Å². The van der Waals surface area contributed by atoms with Gasteiger partial charge in [0.25, 0.3) is 0 Å². The lowest BCUT2D eigenvalue weighted by Crippen LogP contribution is -2.39. The van der Waals surface area contributed by atoms with Crippen LogP contribution in [0.2, 0.25) is 0 Å². The lowest BCUT2D eigenvalue weighted by atomic mass is 9.98. The molecule has 1 atom stereocenters. The van der Waals surface area contributed by atoms with Gasteiger partial charge in [-0.25, -0.2) is 4.98 Å². The molecule has 2 rings (SSSR count). The molecule has 17 heavy (non-hydrogen) atoms. The van der Waals surface area contributed by atoms with Crippen molar-refractivity contribution in [3.05, 3.63) is 18.2 Å². The predicted molar refractivity (Wildman–Crippen MR) is 69.8 cm³/mol. The highest BCUT2D eigenvalue weighted by molar-refractivity contribution is 4.93. The van der Waals surface area contributed by atoms with Gasteiger partial charge in [0, 0.05) is 25.5 Å². The van der Waals surface area contributed by atoms with Crippen molar-refractivity contribution >= 4 is 0 Å². The van der Waals surface area contributed by atoms with Crippen LogP contribution < -0.4 is 5.32 Å². The Bertz CT molecular complexity index is 332. The molecular formula is C13H24N4. The molecule has 1 aliphatic heterocycles. The quantitative estimate of drug-likeness (QED) is 0.837. The Kier molecular flexibility index (Phi) is 4.57. The Morgan fingerprint density at radius 1 is 1.53 bits per heavy atom. The lowest BCUT2D eigenvalue weighted by Gasteiger charge is -2.32. The summed E-state index contributed by atoms with van der Waals surface area (Å²) in [5.74, 6) is 2.01. The molecule has 1 aromatic heterocycles. The molecule has 4 heteroatoms. The molecule has 0 aliphatic carbocycles. The van der Waals surface area contributed by atoms with E-state index in [9.17, 15) is 0 Å². The van der Waals surface area contributed by atoms with Crippen molar-refractivity contribution in [1.29, 1.82) is 0 Å². The zero-order chi connectivity index (χ0) is 12.1. The minimum absolute atomic E-state index is 0.804. The van der Waals surface area contributed by atoms with E-state index >= 15 is 0 Å². The molecule has 96 valence electrons. The topological polar surface area (TPSA) is 33.1 Å². The van der Waals surface area contributed by atoms with Crippen LogP contribution in [-0.4, -0.2) is 41.1 Å². The Hall–Kier alpha value is -0.870. The van der Waals surface area contributed by atoms with Crippen molar-refractivity contribution < 1.29 is 0 Å². The molecule has 0 spiro atoms. The number of likely N-dealkylation sites (tertiary alicyclic amines) is 1. The van der Waals surface area contributed by atoms with E-state index in [0.717, 1.165) is 25.6 Å². The monoisotopic (exact) mass is 236 g/mol. The summed E-state index contributed by atoms with van der Waals surface area (Å²) in [5, 5.41) is 3.29. The Morgan fingerprint density at radius 3 is 3.18 bits per heavy atom. The number of hydrogen-bond acceptors (Lipinski definition) is 3. The molecule has 1 saturated heterocycles. The van der Waals surface area contributed by atoms with Crippen molar-refractivity contribution in [3.8, 4) is 0 Å². The fourth-order valence-electron chi connectivity index (χ4n) is 2.73. The third-order valence-corrected chi connectivity index (χ3v) is 3.60. The maximum absolute atomic E-state index is 4.46. The fraction of sp³-hybridized carbons (Fsp3) is 0.769. The first-order chi connectivity index (χ1) is 8.33. The van der Waals surface area contributed by atoms with Gasteiger partial charge in [-0.2, -0.15) is 0 Å². The van der Waals surface area contributed by atoms with E-state index < -0.39 is 0 Å². The van der Waals surface area contributed by atoms with Crippen LogP contribution >= 0.6 is 0 Å². The van der Waals surface area contributed by atoms with Gasteiger partial charge in [-0.05, 0) is 45.8 Å². The van der Waals surface area contributed by atoms with Crippen LogP contribution in [0.4, 0.5) is 0 Å². The molecule has 1 unspecified atom stereocenters. The van der Waals surface area contributed by atoms with Crippen molar-refractivity contribution in [2.75, 3.05) is 26.7 Å². The van der Waals surface area contributed by atoms with Crippen LogP contribution in [0.15, 0.2) is 12.4 Å². The second kappa shape index (κ2) is 6.17. The van der Waals surface area contributed by atoms with Gasteiger partial charge in [0.15, 0.2) is 0 Å². The normalized spacial score (nSPS) is 21.9. The number of rotatable bonds is 5. The molecule has 1 aliphatic rings. The smallest absolute Gasteiger partial charge is 0.122 e. The Labute approximate surface area is 104 Å². The number of piperidine rings is 1. The molecule has 0 radical (unpaired) electrons. The summed E-state index contributed by atoms with van der Waals surface area (Å²) >= 11 is 0. The largest absolute Gasteiger partial charge is 0.334 e. The summed E-state index contributed by atoms with van der Waals surface area (Å²) in [4.78, 5) is 7.00. The van der Waals surface area contributed by atoms with E-state index in [2.05, 4.69) is 32.9 Å². The SMILES string of the molecule is CCn1ccnc1CN1CCCC(CNC)C1. The van der Waals surface area contributed by atoms with E-state index in [4.69, 9.17) is 0 Å². The van der Waals surface area contributed by atoms with Gasteiger partial charge in [-0.3, -0.25) is 4.90 Å². The number of aromatic nitrogens is 2. The van der Waals surface area contributed by atoms with Gasteiger partial charge in [-0.15, -0.1) is 0 Å². The average molecular weight is 236 g/mol. The number of nitrogens with one attached hydrogen (secondary N) is 1. The summed E-state index contributed by atoms with van der Waals surface area (Å²) < 4.78 is 2.24. The fourth-order valence-corrected chi connectivity index (χ4v) is 2.73. The van der Waals surface area contributed by atoms with Gasteiger partial charge in [0.05, 0.1) is 6.54 Å². The third-order valence-electron chi connectivity index (χ3n) is 3.60. The maximum Gasteiger partial charge on any atom is 0.122 e. The first-order valence-corrected chi connectivity index (χ1v) is 6.70. The second-order valence-electron chi connectivity index (χ2n) is 4.93. The van der Waals surface area contributed by atoms with Crippen molar-refractivity contribution in [1.82, 2.24) is 19.8 Å². The molecule has 0 aromatic carbocycles. The number of imidazole rings is 1. The van der Waals surface area contributed by atoms with Gasteiger partial charge < -0.3 is 9.88 Å². The van der Waals surface area contributed by atoms with Crippen molar-refractivity contribution in [2.24, 2.45) is 5.92 Å². The molecule has 1 fully saturated rings. The molecule has 0 bridgehead atoms. The van der Waals surface area contributed by atoms with E-state index in [1.165, 1.54) is 31.8 Å². The summed E-state index contributed by atoms with van der Waals surface area (Å²) in [6.07, 6.45) is 6.66. The van der Waals surface area contributed by atoms with Crippen molar-refractivity contribution in [2.45, 2.75) is 32.9 Å². The van der Waals surface area contributed by atoms with Gasteiger partial charge in [-0.1, -0.05) is 0 Å². The zero-order valence-corrected chi connectivity index (χ0v) is 11.0. The lowest BCUT2D eigenvalue weighted by molar-refractivity contribution is 0.161. The third kappa shape index (κ3) is 3.30. The first kappa shape index (κ1) is 12.6. The van der Waals surface area contributed by atoms with Crippen molar-refractivity contribution in [3.63, 3.8) is 0 Å². The molecule has 1 aromatic rings. The van der Waals surface area contributed by atoms with Crippen LogP contribution in [0.1, 0.15) is 25.6 Å². The first-order valence-electron chi connectivity index (χ1n) is 6.70. The maximum atomic E-state index is 4.46. The van der Waals surface area contributed by atoms with Crippen LogP contribution in [-0.2, 0) is 13.1 Å². The predicted octanol–water partition coefficient (Wildman–Crippen LogP) is 1.33. The Morgan fingerprint density at radius 2 is 2.41 bits per heavy atom. The van der Waals surface area contributed by atoms with Gasteiger partial charge >= 0.3 is 0 Å². The zero-order valence-electron chi connectivity index (χ0n) is 11.0. The Balaban J connectivity index is 1.90. The number of hydrogen-bond donors (Lipinski definition) is 1. The van der Waals surface area contributed by atoms with E-state index in [1.807, 2.05) is 13.2 Å². The molecule has 1 N–H and O–H groups in total. The molecule has 4 nitrogen and oxygen atoms in total. The standard InChI is InChI=1S/C13H24N4/c1-3-17-8-6-15-13(17)11-16-7-4-5-12(10-16)9-14-2/h6,8,12,14H,3-5,7,9-11H2,1-2H3. The van der Waals surface area contributed by atoms with Crippen LogP contribution in [0.25, 0.3) is 0 Å². The van der Waals surface area contributed by atoms with Crippen LogP contribution in [0.3, 0.4) is 0 Å². The average Bonchev–Trinajstić information content (AvgIpc) is 2.77. The summed E-state index contributed by atoms with van der Waals surface area (Å²) in [5.41, 5.74) is 0. The highest BCUT2D eigenvalue weighted by Crippen LogP contribution is 2.17.